The highest BCUT2D eigenvalue weighted by Crippen LogP contribution is 2.06. The minimum atomic E-state index is -0.0938. The zero-order valence-electron chi connectivity index (χ0n) is 10.8. The number of aryl methyl sites for hydroxylation is 2. The predicted octanol–water partition coefficient (Wildman–Crippen LogP) is 1.80. The van der Waals surface area contributed by atoms with E-state index in [-0.39, 0.29) is 5.91 Å². The van der Waals surface area contributed by atoms with Crippen molar-refractivity contribution in [3.63, 3.8) is 0 Å². The number of nitrogens with zero attached hydrogens (tertiary/aromatic N) is 5. The van der Waals surface area contributed by atoms with Crippen molar-refractivity contribution < 1.29 is 4.79 Å². The van der Waals surface area contributed by atoms with Gasteiger partial charge in [-0.25, -0.2) is 0 Å². The van der Waals surface area contributed by atoms with Crippen LogP contribution in [0.25, 0.3) is 10.4 Å². The van der Waals surface area contributed by atoms with Crippen molar-refractivity contribution in [1.29, 1.82) is 0 Å². The number of azide groups is 1. The summed E-state index contributed by atoms with van der Waals surface area (Å²) >= 11 is 0. The fraction of sp³-hybridized carbons (Fsp3) is 0.636. The molecule has 1 rings (SSSR count). The van der Waals surface area contributed by atoms with Crippen LogP contribution in [0.1, 0.15) is 35.8 Å². The SMILES string of the molecule is CCc1nn(C)cc1C(=O)NCCCCN=[N+]=[N-]. The van der Waals surface area contributed by atoms with Crippen molar-refractivity contribution in [3.05, 3.63) is 27.9 Å². The van der Waals surface area contributed by atoms with Crippen LogP contribution in [0, 0.1) is 0 Å². The Kier molecular flexibility index (Phi) is 5.73. The minimum Gasteiger partial charge on any atom is -0.352 e. The molecule has 0 aliphatic carbocycles. The molecule has 0 saturated heterocycles. The van der Waals surface area contributed by atoms with Gasteiger partial charge in [0.1, 0.15) is 0 Å². The third-order valence-corrected chi connectivity index (χ3v) is 2.52. The molecule has 98 valence electrons. The predicted molar refractivity (Wildman–Crippen MR) is 68.2 cm³/mol. The molecule has 1 N–H and O–H groups in total. The maximum absolute atomic E-state index is 11.9. The third kappa shape index (κ3) is 4.10. The number of hydrogen-bond acceptors (Lipinski definition) is 3. The second-order valence-electron chi connectivity index (χ2n) is 3.93. The van der Waals surface area contributed by atoms with Crippen LogP contribution in [0.15, 0.2) is 11.3 Å². The highest BCUT2D eigenvalue weighted by Gasteiger charge is 2.13. The first-order chi connectivity index (χ1) is 8.69. The molecule has 0 radical (unpaired) electrons. The number of carbonyl (C=O) groups excluding carboxylic acids is 1. The summed E-state index contributed by atoms with van der Waals surface area (Å²) in [4.78, 5) is 14.5. The summed E-state index contributed by atoms with van der Waals surface area (Å²) in [7, 11) is 1.80. The molecule has 0 aliphatic heterocycles. The molecule has 7 heteroatoms. The lowest BCUT2D eigenvalue weighted by atomic mass is 10.2. The summed E-state index contributed by atoms with van der Waals surface area (Å²) < 4.78 is 1.65. The van der Waals surface area contributed by atoms with E-state index in [1.807, 2.05) is 6.92 Å². The van der Waals surface area contributed by atoms with E-state index in [1.54, 1.807) is 17.9 Å². The van der Waals surface area contributed by atoms with Gasteiger partial charge in [-0.05, 0) is 24.8 Å². The molecule has 1 amide bonds. The van der Waals surface area contributed by atoms with Crippen molar-refractivity contribution in [2.45, 2.75) is 26.2 Å². The Hall–Kier alpha value is -2.01. The van der Waals surface area contributed by atoms with Crippen LogP contribution in [-0.4, -0.2) is 28.8 Å². The van der Waals surface area contributed by atoms with E-state index in [2.05, 4.69) is 20.4 Å². The van der Waals surface area contributed by atoms with Gasteiger partial charge in [0, 0.05) is 31.2 Å². The summed E-state index contributed by atoms with van der Waals surface area (Å²) in [6.07, 6.45) is 4.04. The van der Waals surface area contributed by atoms with E-state index in [1.165, 1.54) is 0 Å². The number of carbonyl (C=O) groups is 1. The average molecular weight is 250 g/mol. The second-order valence-corrected chi connectivity index (χ2v) is 3.93. The van der Waals surface area contributed by atoms with E-state index >= 15 is 0 Å². The van der Waals surface area contributed by atoms with Gasteiger partial charge in [0.2, 0.25) is 0 Å². The van der Waals surface area contributed by atoms with Gasteiger partial charge in [-0.15, -0.1) is 0 Å². The summed E-state index contributed by atoms with van der Waals surface area (Å²) in [6.45, 7) is 3.02. The van der Waals surface area contributed by atoms with E-state index in [0.29, 0.717) is 18.7 Å². The third-order valence-electron chi connectivity index (χ3n) is 2.52. The Morgan fingerprint density at radius 3 is 3.06 bits per heavy atom. The topological polar surface area (TPSA) is 95.7 Å². The van der Waals surface area contributed by atoms with Gasteiger partial charge in [-0.1, -0.05) is 12.0 Å². The lowest BCUT2D eigenvalue weighted by molar-refractivity contribution is 0.0952. The van der Waals surface area contributed by atoms with E-state index < -0.39 is 0 Å². The van der Waals surface area contributed by atoms with Crippen molar-refractivity contribution in [2.24, 2.45) is 12.2 Å². The van der Waals surface area contributed by atoms with Gasteiger partial charge in [0.25, 0.3) is 5.91 Å². The zero-order valence-corrected chi connectivity index (χ0v) is 10.8. The first kappa shape index (κ1) is 14.1. The maximum atomic E-state index is 11.9. The van der Waals surface area contributed by atoms with Gasteiger partial charge >= 0.3 is 0 Å². The first-order valence-corrected chi connectivity index (χ1v) is 6.00. The second kappa shape index (κ2) is 7.34. The molecule has 1 heterocycles. The molecule has 18 heavy (non-hydrogen) atoms. The molecule has 0 aromatic carbocycles. The lowest BCUT2D eigenvalue weighted by Crippen LogP contribution is -2.25. The van der Waals surface area contributed by atoms with Crippen molar-refractivity contribution in [3.8, 4) is 0 Å². The fourth-order valence-corrected chi connectivity index (χ4v) is 1.63. The Morgan fingerprint density at radius 2 is 2.39 bits per heavy atom. The van der Waals surface area contributed by atoms with Crippen molar-refractivity contribution >= 4 is 5.91 Å². The highest BCUT2D eigenvalue weighted by molar-refractivity contribution is 5.95. The number of hydrogen-bond donors (Lipinski definition) is 1. The van der Waals surface area contributed by atoms with E-state index in [9.17, 15) is 4.79 Å². The van der Waals surface area contributed by atoms with Crippen LogP contribution in [0.2, 0.25) is 0 Å². The Morgan fingerprint density at radius 1 is 1.61 bits per heavy atom. The Balaban J connectivity index is 2.38. The molecule has 1 aromatic heterocycles. The standard InChI is InChI=1S/C11H18N6O/c1-3-10-9(8-17(2)15-10)11(18)13-6-4-5-7-14-16-12/h8H,3-7H2,1-2H3,(H,13,18). The lowest BCUT2D eigenvalue weighted by Gasteiger charge is -2.03. The number of aromatic nitrogens is 2. The normalized spacial score (nSPS) is 9.89. The molecule has 7 nitrogen and oxygen atoms in total. The molecule has 0 spiro atoms. The molecular formula is C11H18N6O. The average Bonchev–Trinajstić information content (AvgIpc) is 2.74. The van der Waals surface area contributed by atoms with Crippen LogP contribution in [-0.2, 0) is 13.5 Å². The number of amides is 1. The molecule has 0 aliphatic rings. The van der Waals surface area contributed by atoms with E-state index in [4.69, 9.17) is 5.53 Å². The van der Waals surface area contributed by atoms with Gasteiger partial charge in [0.05, 0.1) is 11.3 Å². The molecule has 0 atom stereocenters. The minimum absolute atomic E-state index is 0.0938. The smallest absolute Gasteiger partial charge is 0.254 e. The highest BCUT2D eigenvalue weighted by atomic mass is 16.1. The van der Waals surface area contributed by atoms with Crippen LogP contribution in [0.4, 0.5) is 0 Å². The van der Waals surface area contributed by atoms with Crippen LogP contribution in [0.5, 0.6) is 0 Å². The molecule has 0 bridgehead atoms. The molecule has 1 aromatic rings. The summed E-state index contributed by atoms with van der Waals surface area (Å²) in [6, 6.07) is 0. The summed E-state index contributed by atoms with van der Waals surface area (Å²) in [5.74, 6) is -0.0938. The van der Waals surface area contributed by atoms with E-state index in [0.717, 1.165) is 25.0 Å². The Labute approximate surface area is 106 Å². The summed E-state index contributed by atoms with van der Waals surface area (Å²) in [5, 5.41) is 10.5. The molecular weight excluding hydrogens is 232 g/mol. The van der Waals surface area contributed by atoms with Crippen LogP contribution >= 0.6 is 0 Å². The van der Waals surface area contributed by atoms with Gasteiger partial charge in [-0.3, -0.25) is 9.48 Å². The van der Waals surface area contributed by atoms with Gasteiger partial charge < -0.3 is 5.32 Å². The molecule has 0 fully saturated rings. The fourth-order valence-electron chi connectivity index (χ4n) is 1.63. The first-order valence-electron chi connectivity index (χ1n) is 6.00. The van der Waals surface area contributed by atoms with Gasteiger partial charge in [0.15, 0.2) is 0 Å². The summed E-state index contributed by atoms with van der Waals surface area (Å²) in [5.41, 5.74) is 9.54. The van der Waals surface area contributed by atoms with Crippen molar-refractivity contribution in [2.75, 3.05) is 13.1 Å². The monoisotopic (exact) mass is 250 g/mol. The van der Waals surface area contributed by atoms with Crippen LogP contribution < -0.4 is 5.32 Å². The van der Waals surface area contributed by atoms with Crippen LogP contribution in [0.3, 0.4) is 0 Å². The van der Waals surface area contributed by atoms with Gasteiger partial charge in [-0.2, -0.15) is 5.10 Å². The maximum Gasteiger partial charge on any atom is 0.254 e. The molecule has 0 unspecified atom stereocenters. The quantitative estimate of drug-likeness (QED) is 0.345. The zero-order chi connectivity index (χ0) is 13.4. The van der Waals surface area contributed by atoms with Crippen molar-refractivity contribution in [1.82, 2.24) is 15.1 Å². The number of unbranched alkanes of at least 4 members (excludes halogenated alkanes) is 1. The molecule has 0 saturated carbocycles. The number of rotatable bonds is 7. The largest absolute Gasteiger partial charge is 0.352 e. The Bertz CT molecular complexity index is 446. The number of nitrogens with one attached hydrogen (secondary N) is 1.